The highest BCUT2D eigenvalue weighted by Gasteiger charge is 2.62. The third kappa shape index (κ3) is 3.10. The summed E-state index contributed by atoms with van der Waals surface area (Å²) in [5.41, 5.74) is 4.70. The van der Waals surface area contributed by atoms with Gasteiger partial charge in [-0.3, -0.25) is 4.79 Å². The Morgan fingerprint density at radius 1 is 1.39 bits per heavy atom. The van der Waals surface area contributed by atoms with E-state index in [0.29, 0.717) is 13.0 Å². The molecule has 1 aliphatic rings. The molecule has 0 saturated heterocycles. The third-order valence-electron chi connectivity index (χ3n) is 4.96. The van der Waals surface area contributed by atoms with E-state index < -0.39 is 22.6 Å². The molecule has 3 N–H and O–H groups in total. The molecule has 2 rings (SSSR count). The minimum Gasteiger partial charge on any atom is -0.378 e. The molecule has 1 aliphatic carbocycles. The van der Waals surface area contributed by atoms with E-state index >= 15 is 0 Å². The molecule has 1 saturated carbocycles. The number of nitrogens with two attached hydrogens (primary N) is 1. The monoisotopic (exact) mass is 326 g/mol. The third-order valence-corrected chi connectivity index (χ3v) is 4.96. The largest absolute Gasteiger partial charge is 0.378 e. The number of benzene rings is 1. The van der Waals surface area contributed by atoms with E-state index in [0.717, 1.165) is 0 Å². The van der Waals surface area contributed by atoms with Crippen molar-refractivity contribution in [1.82, 2.24) is 5.32 Å². The Balaban J connectivity index is 1.93. The van der Waals surface area contributed by atoms with Crippen LogP contribution in [0.4, 0.5) is 8.78 Å². The quantitative estimate of drug-likeness (QED) is 0.842. The summed E-state index contributed by atoms with van der Waals surface area (Å²) in [7, 11) is 0. The van der Waals surface area contributed by atoms with Crippen LogP contribution in [-0.4, -0.2) is 30.7 Å². The molecule has 2 unspecified atom stereocenters. The van der Waals surface area contributed by atoms with Crippen LogP contribution in [-0.2, 0) is 16.0 Å². The fraction of sp³-hybridized carbons (Fsp3) is 0.588. The summed E-state index contributed by atoms with van der Waals surface area (Å²) in [6.45, 7) is 6.39. The maximum Gasteiger partial charge on any atom is 0.240 e. The highest BCUT2D eigenvalue weighted by atomic mass is 19.1. The lowest BCUT2D eigenvalue weighted by molar-refractivity contribution is -0.170. The van der Waals surface area contributed by atoms with Crippen LogP contribution in [0.2, 0.25) is 0 Å². The average Bonchev–Trinajstić information content (AvgIpc) is 2.49. The predicted octanol–water partition coefficient (Wildman–Crippen LogP) is 2.16. The first-order valence-electron chi connectivity index (χ1n) is 7.85. The number of hydrogen-bond donors (Lipinski definition) is 2. The van der Waals surface area contributed by atoms with Gasteiger partial charge in [-0.1, -0.05) is 19.9 Å². The van der Waals surface area contributed by atoms with Crippen molar-refractivity contribution in [2.24, 2.45) is 11.1 Å². The summed E-state index contributed by atoms with van der Waals surface area (Å²) in [4.78, 5) is 12.4. The van der Waals surface area contributed by atoms with Gasteiger partial charge in [0.05, 0.1) is 6.10 Å². The second-order valence-corrected chi connectivity index (χ2v) is 6.55. The summed E-state index contributed by atoms with van der Waals surface area (Å²) < 4.78 is 32.7. The summed E-state index contributed by atoms with van der Waals surface area (Å²) >= 11 is 0. The van der Waals surface area contributed by atoms with Crippen LogP contribution in [0.15, 0.2) is 18.2 Å². The molecule has 0 aliphatic heterocycles. The van der Waals surface area contributed by atoms with Crippen molar-refractivity contribution in [2.45, 2.75) is 45.3 Å². The molecule has 6 heteroatoms. The van der Waals surface area contributed by atoms with Gasteiger partial charge in [-0.15, -0.1) is 0 Å². The lowest BCUT2D eigenvalue weighted by atomic mass is 9.54. The minimum atomic E-state index is -1.03. The highest BCUT2D eigenvalue weighted by molar-refractivity contribution is 5.88. The highest BCUT2D eigenvalue weighted by Crippen LogP contribution is 2.49. The van der Waals surface area contributed by atoms with Crippen LogP contribution in [0.1, 0.15) is 32.8 Å². The van der Waals surface area contributed by atoms with Crippen molar-refractivity contribution in [3.63, 3.8) is 0 Å². The van der Waals surface area contributed by atoms with Crippen LogP contribution in [0.3, 0.4) is 0 Å². The maximum absolute atomic E-state index is 13.6. The lowest BCUT2D eigenvalue weighted by Gasteiger charge is -2.57. The molecule has 4 nitrogen and oxygen atoms in total. The van der Waals surface area contributed by atoms with E-state index in [-0.39, 0.29) is 30.5 Å². The summed E-state index contributed by atoms with van der Waals surface area (Å²) in [5, 5.41) is 2.69. The number of amides is 1. The predicted molar refractivity (Wildman–Crippen MR) is 83.8 cm³/mol. The molecule has 0 spiro atoms. The number of carbonyl (C=O) groups excluding carboxylic acids is 1. The lowest BCUT2D eigenvalue weighted by Crippen LogP contribution is -2.75. The number of ether oxygens (including phenoxy) is 1. The Bertz CT molecular complexity index is 572. The zero-order valence-electron chi connectivity index (χ0n) is 13.8. The van der Waals surface area contributed by atoms with Crippen LogP contribution in [0, 0.1) is 17.0 Å². The van der Waals surface area contributed by atoms with E-state index in [9.17, 15) is 13.6 Å². The first-order chi connectivity index (χ1) is 10.7. The smallest absolute Gasteiger partial charge is 0.240 e. The van der Waals surface area contributed by atoms with Crippen molar-refractivity contribution in [3.05, 3.63) is 35.4 Å². The first-order valence-corrected chi connectivity index (χ1v) is 7.85. The van der Waals surface area contributed by atoms with E-state index in [4.69, 9.17) is 10.5 Å². The Kier molecular flexibility index (Phi) is 5.06. The molecule has 2 atom stereocenters. The number of rotatable bonds is 6. The van der Waals surface area contributed by atoms with Gasteiger partial charge in [0, 0.05) is 30.6 Å². The van der Waals surface area contributed by atoms with E-state index in [1.54, 1.807) is 0 Å². The molecular weight excluding hydrogens is 302 g/mol. The molecule has 128 valence electrons. The van der Waals surface area contributed by atoms with Crippen LogP contribution < -0.4 is 11.1 Å². The van der Waals surface area contributed by atoms with Gasteiger partial charge in [0.15, 0.2) is 0 Å². The topological polar surface area (TPSA) is 64.3 Å². The van der Waals surface area contributed by atoms with Crippen molar-refractivity contribution in [2.75, 3.05) is 13.2 Å². The van der Waals surface area contributed by atoms with Crippen molar-refractivity contribution in [1.29, 1.82) is 0 Å². The molecule has 0 heterocycles. The standard InChI is InChI=1S/C17H24F2N2O2/c1-4-23-14-10-17(20,16(14,2)3)15(22)21-9-8-11-12(18)6-5-7-13(11)19/h5-7,14H,4,8-10,20H2,1-3H3,(H,21,22). The average molecular weight is 326 g/mol. The van der Waals surface area contributed by atoms with Gasteiger partial charge in [-0.05, 0) is 25.5 Å². The van der Waals surface area contributed by atoms with Gasteiger partial charge in [0.2, 0.25) is 5.91 Å². The Morgan fingerprint density at radius 2 is 2.00 bits per heavy atom. The Labute approximate surface area is 135 Å². The molecular formula is C17H24F2N2O2. The fourth-order valence-corrected chi connectivity index (χ4v) is 3.05. The van der Waals surface area contributed by atoms with Crippen molar-refractivity contribution >= 4 is 5.91 Å². The molecule has 1 amide bonds. The molecule has 0 bridgehead atoms. The van der Waals surface area contributed by atoms with Gasteiger partial charge in [0.25, 0.3) is 0 Å². The minimum absolute atomic E-state index is 0.0288. The molecule has 1 fully saturated rings. The second kappa shape index (κ2) is 6.53. The number of hydrogen-bond acceptors (Lipinski definition) is 3. The van der Waals surface area contributed by atoms with E-state index in [1.807, 2.05) is 20.8 Å². The van der Waals surface area contributed by atoms with Crippen molar-refractivity contribution in [3.8, 4) is 0 Å². The maximum atomic E-state index is 13.6. The number of halogens is 2. The molecule has 1 aromatic rings. The van der Waals surface area contributed by atoms with E-state index in [2.05, 4.69) is 5.32 Å². The normalized spacial score (nSPS) is 25.7. The summed E-state index contributed by atoms with van der Waals surface area (Å²) in [6.07, 6.45) is 0.455. The first kappa shape index (κ1) is 17.8. The fourth-order valence-electron chi connectivity index (χ4n) is 3.05. The SMILES string of the molecule is CCOC1CC(N)(C(=O)NCCc2c(F)cccc2F)C1(C)C. The molecule has 23 heavy (non-hydrogen) atoms. The van der Waals surface area contributed by atoms with Crippen LogP contribution in [0.25, 0.3) is 0 Å². The van der Waals surface area contributed by atoms with Gasteiger partial charge in [-0.25, -0.2) is 8.78 Å². The van der Waals surface area contributed by atoms with Gasteiger partial charge in [-0.2, -0.15) is 0 Å². The number of carbonyl (C=O) groups is 1. The second-order valence-electron chi connectivity index (χ2n) is 6.55. The molecule has 0 radical (unpaired) electrons. The Morgan fingerprint density at radius 3 is 2.52 bits per heavy atom. The van der Waals surface area contributed by atoms with Crippen molar-refractivity contribution < 1.29 is 18.3 Å². The van der Waals surface area contributed by atoms with E-state index in [1.165, 1.54) is 18.2 Å². The molecule has 0 aromatic heterocycles. The van der Waals surface area contributed by atoms with Crippen LogP contribution >= 0.6 is 0 Å². The van der Waals surface area contributed by atoms with Crippen LogP contribution in [0.5, 0.6) is 0 Å². The zero-order chi connectivity index (χ0) is 17.3. The van der Waals surface area contributed by atoms with Gasteiger partial charge >= 0.3 is 0 Å². The number of nitrogens with one attached hydrogen (secondary N) is 1. The van der Waals surface area contributed by atoms with Gasteiger partial charge < -0.3 is 15.8 Å². The Hall–Kier alpha value is -1.53. The summed E-state index contributed by atoms with van der Waals surface area (Å²) in [6, 6.07) is 3.71. The zero-order valence-corrected chi connectivity index (χ0v) is 13.8. The summed E-state index contributed by atoms with van der Waals surface area (Å²) in [5.74, 6) is -1.53. The van der Waals surface area contributed by atoms with Gasteiger partial charge in [0.1, 0.15) is 17.2 Å². The molecule has 1 aromatic carbocycles.